The van der Waals surface area contributed by atoms with Gasteiger partial charge in [0.2, 0.25) is 5.91 Å². The minimum Gasteiger partial charge on any atom is -0.371 e. The van der Waals surface area contributed by atoms with E-state index in [4.69, 9.17) is 4.74 Å². The SMILES string of the molecule is CN(C)C(=O)COCC1CN(Cc2nccs2)Cc2nccn2C1. The molecule has 3 heterocycles. The summed E-state index contributed by atoms with van der Waals surface area (Å²) in [5.41, 5.74) is 0. The molecular formula is C16H23N5O2S. The fourth-order valence-electron chi connectivity index (χ4n) is 2.81. The number of hydrogen-bond acceptors (Lipinski definition) is 6. The van der Waals surface area contributed by atoms with Gasteiger partial charge in [0.15, 0.2) is 0 Å². The fourth-order valence-corrected chi connectivity index (χ4v) is 3.47. The van der Waals surface area contributed by atoms with E-state index in [0.717, 1.165) is 37.0 Å². The first-order valence-corrected chi connectivity index (χ1v) is 8.88. The van der Waals surface area contributed by atoms with Gasteiger partial charge < -0.3 is 14.2 Å². The van der Waals surface area contributed by atoms with Crippen molar-refractivity contribution in [2.75, 3.05) is 33.9 Å². The second-order valence-electron chi connectivity index (χ2n) is 6.26. The molecule has 1 aliphatic rings. The lowest BCUT2D eigenvalue weighted by Crippen LogP contribution is -2.32. The zero-order valence-electron chi connectivity index (χ0n) is 14.1. The second kappa shape index (κ2) is 7.87. The molecule has 0 fully saturated rings. The fraction of sp³-hybridized carbons (Fsp3) is 0.562. The summed E-state index contributed by atoms with van der Waals surface area (Å²) in [6.07, 6.45) is 5.70. The van der Waals surface area contributed by atoms with Crippen LogP contribution in [0.25, 0.3) is 0 Å². The first-order chi connectivity index (χ1) is 11.6. The number of hydrogen-bond donors (Lipinski definition) is 0. The largest absolute Gasteiger partial charge is 0.371 e. The number of ether oxygens (including phenoxy) is 1. The summed E-state index contributed by atoms with van der Waals surface area (Å²) in [5, 5.41) is 3.11. The van der Waals surface area contributed by atoms with Gasteiger partial charge in [0.05, 0.1) is 19.7 Å². The van der Waals surface area contributed by atoms with Crippen LogP contribution in [-0.2, 0) is 29.2 Å². The Bertz CT molecular complexity index is 655. The third kappa shape index (κ3) is 4.40. The molecule has 1 atom stereocenters. The zero-order chi connectivity index (χ0) is 16.9. The normalized spacial score (nSPS) is 18.2. The summed E-state index contributed by atoms with van der Waals surface area (Å²) in [6, 6.07) is 0. The summed E-state index contributed by atoms with van der Waals surface area (Å²) >= 11 is 1.67. The molecule has 1 aliphatic heterocycles. The Hall–Kier alpha value is -1.77. The second-order valence-corrected chi connectivity index (χ2v) is 7.24. The van der Waals surface area contributed by atoms with Crippen LogP contribution < -0.4 is 0 Å². The average molecular weight is 349 g/mol. The third-order valence-electron chi connectivity index (χ3n) is 4.06. The Labute approximate surface area is 145 Å². The first-order valence-electron chi connectivity index (χ1n) is 8.00. The third-order valence-corrected chi connectivity index (χ3v) is 4.82. The molecule has 8 heteroatoms. The summed E-state index contributed by atoms with van der Waals surface area (Å²) in [7, 11) is 3.48. The van der Waals surface area contributed by atoms with Crippen molar-refractivity contribution in [3.63, 3.8) is 0 Å². The van der Waals surface area contributed by atoms with E-state index in [-0.39, 0.29) is 12.5 Å². The molecule has 0 saturated heterocycles. The minimum absolute atomic E-state index is 0.00779. The van der Waals surface area contributed by atoms with E-state index >= 15 is 0 Å². The molecule has 1 unspecified atom stereocenters. The number of nitrogens with zero attached hydrogens (tertiary/aromatic N) is 5. The van der Waals surface area contributed by atoms with Crippen molar-refractivity contribution < 1.29 is 9.53 Å². The molecule has 24 heavy (non-hydrogen) atoms. The Morgan fingerprint density at radius 2 is 2.25 bits per heavy atom. The topological polar surface area (TPSA) is 63.5 Å². The summed E-state index contributed by atoms with van der Waals surface area (Å²) in [4.78, 5) is 24.4. The van der Waals surface area contributed by atoms with E-state index in [1.165, 1.54) is 0 Å². The van der Waals surface area contributed by atoms with E-state index in [1.54, 1.807) is 30.3 Å². The molecule has 130 valence electrons. The Kier molecular flexibility index (Phi) is 5.60. The van der Waals surface area contributed by atoms with Crippen molar-refractivity contribution >= 4 is 17.2 Å². The van der Waals surface area contributed by atoms with Crippen molar-refractivity contribution in [2.45, 2.75) is 19.6 Å². The highest BCUT2D eigenvalue weighted by Gasteiger charge is 2.23. The molecule has 0 bridgehead atoms. The molecule has 3 rings (SSSR count). The smallest absolute Gasteiger partial charge is 0.248 e. The van der Waals surface area contributed by atoms with Crippen molar-refractivity contribution in [3.8, 4) is 0 Å². The standard InChI is InChI=1S/C16H23N5O2S/c1-19(2)16(22)12-23-11-13-7-20(10-15-18-4-6-24-15)9-14-17-3-5-21(14)8-13/h3-6,13H,7-12H2,1-2H3. The number of fused-ring (bicyclic) bond motifs is 1. The molecule has 2 aromatic rings. The monoisotopic (exact) mass is 349 g/mol. The van der Waals surface area contributed by atoms with Gasteiger partial charge in [0, 0.05) is 57.1 Å². The number of carbonyl (C=O) groups is 1. The molecule has 0 N–H and O–H groups in total. The van der Waals surface area contributed by atoms with Gasteiger partial charge in [0.1, 0.15) is 17.4 Å². The highest BCUT2D eigenvalue weighted by molar-refractivity contribution is 7.09. The molecule has 1 amide bonds. The number of aromatic nitrogens is 3. The van der Waals surface area contributed by atoms with Crippen LogP contribution in [0.4, 0.5) is 0 Å². The summed E-state index contributed by atoms with van der Waals surface area (Å²) < 4.78 is 7.85. The maximum Gasteiger partial charge on any atom is 0.248 e. The van der Waals surface area contributed by atoms with Gasteiger partial charge in [0.25, 0.3) is 0 Å². The Morgan fingerprint density at radius 3 is 3.00 bits per heavy atom. The number of amides is 1. The maximum absolute atomic E-state index is 11.7. The quantitative estimate of drug-likeness (QED) is 0.781. The van der Waals surface area contributed by atoms with Crippen LogP contribution in [0.3, 0.4) is 0 Å². The van der Waals surface area contributed by atoms with Gasteiger partial charge in [-0.1, -0.05) is 0 Å². The molecule has 7 nitrogen and oxygen atoms in total. The van der Waals surface area contributed by atoms with Gasteiger partial charge >= 0.3 is 0 Å². The van der Waals surface area contributed by atoms with Crippen molar-refractivity contribution in [1.82, 2.24) is 24.3 Å². The van der Waals surface area contributed by atoms with Crippen LogP contribution in [0.2, 0.25) is 0 Å². The van der Waals surface area contributed by atoms with E-state index in [0.29, 0.717) is 12.5 Å². The zero-order valence-corrected chi connectivity index (χ0v) is 14.9. The van der Waals surface area contributed by atoms with Gasteiger partial charge in [-0.05, 0) is 0 Å². The van der Waals surface area contributed by atoms with Crippen LogP contribution >= 0.6 is 11.3 Å². The van der Waals surface area contributed by atoms with E-state index < -0.39 is 0 Å². The van der Waals surface area contributed by atoms with E-state index in [9.17, 15) is 4.79 Å². The molecule has 0 saturated carbocycles. The molecule has 0 aromatic carbocycles. The van der Waals surface area contributed by atoms with Crippen molar-refractivity contribution in [2.24, 2.45) is 5.92 Å². The number of likely N-dealkylation sites (N-methyl/N-ethyl adjacent to an activating group) is 1. The van der Waals surface area contributed by atoms with Gasteiger partial charge in [-0.15, -0.1) is 11.3 Å². The summed E-state index contributed by atoms with van der Waals surface area (Å²) in [5.74, 6) is 1.38. The number of carbonyl (C=O) groups excluding carboxylic acids is 1. The van der Waals surface area contributed by atoms with Crippen LogP contribution in [0, 0.1) is 5.92 Å². The maximum atomic E-state index is 11.7. The predicted molar refractivity (Wildman–Crippen MR) is 91.5 cm³/mol. The Balaban J connectivity index is 1.62. The van der Waals surface area contributed by atoms with Crippen LogP contribution in [-0.4, -0.2) is 64.1 Å². The number of rotatable bonds is 6. The Morgan fingerprint density at radius 1 is 1.38 bits per heavy atom. The summed E-state index contributed by atoms with van der Waals surface area (Å²) in [6.45, 7) is 4.08. The molecule has 0 radical (unpaired) electrons. The van der Waals surface area contributed by atoms with Gasteiger partial charge in [-0.25, -0.2) is 9.97 Å². The predicted octanol–water partition coefficient (Wildman–Crippen LogP) is 1.08. The van der Waals surface area contributed by atoms with Gasteiger partial charge in [-0.3, -0.25) is 9.69 Å². The lowest BCUT2D eigenvalue weighted by atomic mass is 10.1. The highest BCUT2D eigenvalue weighted by Crippen LogP contribution is 2.19. The van der Waals surface area contributed by atoms with Crippen LogP contribution in [0.1, 0.15) is 10.8 Å². The minimum atomic E-state index is -0.00779. The van der Waals surface area contributed by atoms with E-state index in [1.807, 2.05) is 24.0 Å². The van der Waals surface area contributed by atoms with Crippen molar-refractivity contribution in [1.29, 1.82) is 0 Å². The molecule has 2 aromatic heterocycles. The number of thiazole rings is 1. The van der Waals surface area contributed by atoms with Crippen LogP contribution in [0.5, 0.6) is 0 Å². The van der Waals surface area contributed by atoms with Crippen molar-refractivity contribution in [3.05, 3.63) is 34.8 Å². The first kappa shape index (κ1) is 17.1. The molecule has 0 aliphatic carbocycles. The molecule has 0 spiro atoms. The lowest BCUT2D eigenvalue weighted by molar-refractivity contribution is -0.134. The van der Waals surface area contributed by atoms with Gasteiger partial charge in [-0.2, -0.15) is 0 Å². The number of imidazole rings is 1. The molecular weight excluding hydrogens is 326 g/mol. The average Bonchev–Trinajstić information content (AvgIpc) is 3.16. The highest BCUT2D eigenvalue weighted by atomic mass is 32.1. The van der Waals surface area contributed by atoms with Crippen LogP contribution in [0.15, 0.2) is 24.0 Å². The lowest BCUT2D eigenvalue weighted by Gasteiger charge is -2.23. The van der Waals surface area contributed by atoms with E-state index in [2.05, 4.69) is 19.4 Å².